The van der Waals surface area contributed by atoms with Gasteiger partial charge >= 0.3 is 0 Å². The number of aliphatic hydroxyl groups excluding tert-OH is 1. The largest absolute Gasteiger partial charge is 0.394 e. The highest BCUT2D eigenvalue weighted by Gasteiger charge is 2.44. The Kier molecular flexibility index (Phi) is 7.28. The van der Waals surface area contributed by atoms with Crippen LogP contribution in [-0.4, -0.2) is 44.2 Å². The van der Waals surface area contributed by atoms with E-state index < -0.39 is 23.6 Å². The number of aromatic nitrogens is 2. The first-order valence-corrected chi connectivity index (χ1v) is 11.8. The second-order valence-electron chi connectivity index (χ2n) is 8.73. The van der Waals surface area contributed by atoms with Gasteiger partial charge in [0, 0.05) is 18.0 Å². The fraction of sp³-hybridized carbons (Fsp3) is 0.542. The highest BCUT2D eigenvalue weighted by Crippen LogP contribution is 2.45. The Bertz CT molecular complexity index is 1000. The van der Waals surface area contributed by atoms with Crippen LogP contribution in [-0.2, 0) is 16.9 Å². The smallest absolute Gasteiger partial charge is 0.257 e. The van der Waals surface area contributed by atoms with Gasteiger partial charge in [0.2, 0.25) is 0 Å². The quantitative estimate of drug-likeness (QED) is 0.594. The fourth-order valence-corrected chi connectivity index (χ4v) is 5.18. The molecule has 2 unspecified atom stereocenters. The number of ether oxygens (including phenoxy) is 1. The number of aliphatic hydroxyl groups is 2. The molecule has 7 nitrogen and oxygen atoms in total. The van der Waals surface area contributed by atoms with E-state index in [0.29, 0.717) is 22.8 Å². The van der Waals surface area contributed by atoms with Gasteiger partial charge in [-0.2, -0.15) is 0 Å². The van der Waals surface area contributed by atoms with Gasteiger partial charge in [0.05, 0.1) is 35.9 Å². The first-order chi connectivity index (χ1) is 15.9. The van der Waals surface area contributed by atoms with Crippen molar-refractivity contribution in [2.45, 2.75) is 63.8 Å². The van der Waals surface area contributed by atoms with Crippen LogP contribution >= 0.6 is 11.6 Å². The van der Waals surface area contributed by atoms with E-state index >= 15 is 4.39 Å². The van der Waals surface area contributed by atoms with Crippen LogP contribution in [0, 0.1) is 11.7 Å². The average molecular weight is 478 g/mol. The molecule has 1 aromatic heterocycles. The zero-order chi connectivity index (χ0) is 23.6. The minimum absolute atomic E-state index is 0.0176. The van der Waals surface area contributed by atoms with E-state index in [1.165, 1.54) is 23.4 Å². The SMILES string of the molecule is CCC(O)(c1cc(F)c2c(c1)C(=O)N(Cc1ncc(Cl)cn1)C2OCCO)C1CCCCC1. The van der Waals surface area contributed by atoms with Crippen molar-refractivity contribution in [2.75, 3.05) is 13.2 Å². The van der Waals surface area contributed by atoms with Crippen molar-refractivity contribution in [2.24, 2.45) is 5.92 Å². The summed E-state index contributed by atoms with van der Waals surface area (Å²) < 4.78 is 21.2. The molecule has 1 aromatic carbocycles. The fourth-order valence-electron chi connectivity index (χ4n) is 5.09. The van der Waals surface area contributed by atoms with Crippen LogP contribution in [0.1, 0.15) is 79.0 Å². The van der Waals surface area contributed by atoms with Gasteiger partial charge in [0.1, 0.15) is 11.6 Å². The second-order valence-corrected chi connectivity index (χ2v) is 9.17. The Morgan fingerprint density at radius 1 is 1.24 bits per heavy atom. The summed E-state index contributed by atoms with van der Waals surface area (Å²) in [5.74, 6) is -0.702. The Morgan fingerprint density at radius 2 is 1.94 bits per heavy atom. The third-order valence-electron chi connectivity index (χ3n) is 6.82. The van der Waals surface area contributed by atoms with E-state index in [1.54, 1.807) is 6.07 Å². The molecule has 2 heterocycles. The Morgan fingerprint density at radius 3 is 2.58 bits per heavy atom. The predicted octanol–water partition coefficient (Wildman–Crippen LogP) is 4.11. The molecule has 1 fully saturated rings. The molecule has 1 saturated carbocycles. The lowest BCUT2D eigenvalue weighted by Gasteiger charge is -2.38. The molecule has 0 bridgehead atoms. The number of fused-ring (bicyclic) bond motifs is 1. The van der Waals surface area contributed by atoms with Gasteiger partial charge in [-0.05, 0) is 42.9 Å². The lowest BCUT2D eigenvalue weighted by atomic mass is 9.71. The standard InChI is InChI=1S/C24H29ClFN3O4/c1-2-24(32,15-6-4-3-5-7-15)16-10-18-21(19(26)11-16)23(33-9-8-30)29(22(18)31)14-20-27-12-17(25)13-28-20/h10-13,15,23,30,32H,2-9,14H2,1H3. The van der Waals surface area contributed by atoms with Crippen molar-refractivity contribution in [1.82, 2.24) is 14.9 Å². The molecule has 1 aliphatic heterocycles. The molecule has 0 spiro atoms. The number of carbonyl (C=O) groups is 1. The number of rotatable bonds is 8. The van der Waals surface area contributed by atoms with Crippen LogP contribution in [0.15, 0.2) is 24.5 Å². The number of hydrogen-bond acceptors (Lipinski definition) is 6. The Hall–Kier alpha value is -2.13. The minimum Gasteiger partial charge on any atom is -0.394 e. The van der Waals surface area contributed by atoms with Crippen molar-refractivity contribution in [1.29, 1.82) is 0 Å². The van der Waals surface area contributed by atoms with Gasteiger partial charge in [-0.25, -0.2) is 14.4 Å². The number of benzene rings is 1. The van der Waals surface area contributed by atoms with Gasteiger partial charge in [-0.3, -0.25) is 4.79 Å². The topological polar surface area (TPSA) is 95.8 Å². The molecule has 2 aromatic rings. The van der Waals surface area contributed by atoms with Crippen LogP contribution in [0.2, 0.25) is 5.02 Å². The number of hydrogen-bond donors (Lipinski definition) is 2. The lowest BCUT2D eigenvalue weighted by molar-refractivity contribution is -0.0556. The maximum atomic E-state index is 15.5. The summed E-state index contributed by atoms with van der Waals surface area (Å²) in [7, 11) is 0. The van der Waals surface area contributed by atoms with Gasteiger partial charge < -0.3 is 19.8 Å². The molecule has 33 heavy (non-hydrogen) atoms. The molecule has 2 aliphatic rings. The molecule has 9 heteroatoms. The van der Waals surface area contributed by atoms with Gasteiger partial charge in [0.15, 0.2) is 6.23 Å². The minimum atomic E-state index is -1.20. The Balaban J connectivity index is 1.72. The summed E-state index contributed by atoms with van der Waals surface area (Å²) in [6.45, 7) is 1.52. The predicted molar refractivity (Wildman–Crippen MR) is 120 cm³/mol. The number of carbonyl (C=O) groups excluding carboxylic acids is 1. The maximum absolute atomic E-state index is 15.5. The van der Waals surface area contributed by atoms with E-state index in [4.69, 9.17) is 16.3 Å². The highest BCUT2D eigenvalue weighted by molar-refractivity contribution is 6.30. The molecule has 4 rings (SSSR count). The summed E-state index contributed by atoms with van der Waals surface area (Å²) in [6, 6.07) is 2.94. The van der Waals surface area contributed by atoms with Crippen LogP contribution < -0.4 is 0 Å². The normalized spacial score (nSPS) is 20.7. The van der Waals surface area contributed by atoms with E-state index in [9.17, 15) is 15.0 Å². The molecule has 0 radical (unpaired) electrons. The monoisotopic (exact) mass is 477 g/mol. The van der Waals surface area contributed by atoms with Gasteiger partial charge in [-0.1, -0.05) is 37.8 Å². The van der Waals surface area contributed by atoms with Crippen LogP contribution in [0.5, 0.6) is 0 Å². The van der Waals surface area contributed by atoms with Crippen LogP contribution in [0.25, 0.3) is 0 Å². The van der Waals surface area contributed by atoms with E-state index in [0.717, 1.165) is 32.1 Å². The second kappa shape index (κ2) is 10.0. The third kappa shape index (κ3) is 4.62. The molecular weight excluding hydrogens is 449 g/mol. The molecule has 2 N–H and O–H groups in total. The lowest BCUT2D eigenvalue weighted by Crippen LogP contribution is -2.36. The molecule has 1 aliphatic carbocycles. The third-order valence-corrected chi connectivity index (χ3v) is 7.02. The van der Waals surface area contributed by atoms with Crippen molar-refractivity contribution in [3.63, 3.8) is 0 Å². The van der Waals surface area contributed by atoms with Crippen molar-refractivity contribution in [3.05, 3.63) is 57.9 Å². The number of halogens is 2. The summed E-state index contributed by atoms with van der Waals surface area (Å²) in [4.78, 5) is 23.0. The molecule has 1 amide bonds. The van der Waals surface area contributed by atoms with Crippen LogP contribution in [0.3, 0.4) is 0 Å². The van der Waals surface area contributed by atoms with Crippen molar-refractivity contribution < 1.29 is 24.1 Å². The highest BCUT2D eigenvalue weighted by atomic mass is 35.5. The summed E-state index contributed by atoms with van der Waals surface area (Å²) in [5, 5.41) is 21.2. The number of amides is 1. The zero-order valence-electron chi connectivity index (χ0n) is 18.6. The summed E-state index contributed by atoms with van der Waals surface area (Å²) in [5.41, 5.74) is -0.519. The van der Waals surface area contributed by atoms with Crippen molar-refractivity contribution in [3.8, 4) is 0 Å². The number of nitrogens with zero attached hydrogens (tertiary/aromatic N) is 3. The molecule has 178 valence electrons. The average Bonchev–Trinajstić information content (AvgIpc) is 3.10. The molecular formula is C24H29ClFN3O4. The van der Waals surface area contributed by atoms with E-state index in [1.807, 2.05) is 6.92 Å². The molecule has 2 atom stereocenters. The first kappa shape index (κ1) is 24.0. The van der Waals surface area contributed by atoms with Crippen molar-refractivity contribution >= 4 is 17.5 Å². The molecule has 0 saturated heterocycles. The zero-order valence-corrected chi connectivity index (χ0v) is 19.4. The summed E-state index contributed by atoms with van der Waals surface area (Å²) >= 11 is 5.85. The van der Waals surface area contributed by atoms with E-state index in [2.05, 4.69) is 9.97 Å². The first-order valence-electron chi connectivity index (χ1n) is 11.4. The van der Waals surface area contributed by atoms with E-state index in [-0.39, 0.29) is 36.8 Å². The van der Waals surface area contributed by atoms with Gasteiger partial charge in [-0.15, -0.1) is 0 Å². The van der Waals surface area contributed by atoms with Gasteiger partial charge in [0.25, 0.3) is 5.91 Å². The van der Waals surface area contributed by atoms with Crippen LogP contribution in [0.4, 0.5) is 4.39 Å². The summed E-state index contributed by atoms with van der Waals surface area (Å²) in [6.07, 6.45) is 7.19. The Labute approximate surface area is 197 Å². The maximum Gasteiger partial charge on any atom is 0.257 e.